The first-order valence-corrected chi connectivity index (χ1v) is 9.28. The van der Waals surface area contributed by atoms with E-state index in [1.165, 1.54) is 33.7 Å². The molecule has 0 atom stereocenters. The molecule has 0 aliphatic rings. The van der Waals surface area contributed by atoms with E-state index in [0.29, 0.717) is 33.8 Å². The largest absolute Gasteiger partial charge is 0.493 e. The van der Waals surface area contributed by atoms with Gasteiger partial charge >= 0.3 is 0 Å². The lowest BCUT2D eigenvalue weighted by atomic mass is 10.0. The Morgan fingerprint density at radius 3 is 2.26 bits per heavy atom. The van der Waals surface area contributed by atoms with Crippen molar-refractivity contribution in [3.63, 3.8) is 0 Å². The van der Waals surface area contributed by atoms with E-state index in [1.54, 1.807) is 42.5 Å². The van der Waals surface area contributed by atoms with Gasteiger partial charge in [0.2, 0.25) is 17.1 Å². The first kappa shape index (κ1) is 20.1. The molecule has 0 radical (unpaired) electrons. The summed E-state index contributed by atoms with van der Waals surface area (Å²) in [6.45, 7) is 0. The highest BCUT2D eigenvalue weighted by atomic mass is 16.5. The zero-order chi connectivity index (χ0) is 22.0. The van der Waals surface area contributed by atoms with Crippen molar-refractivity contribution in [1.29, 1.82) is 0 Å². The van der Waals surface area contributed by atoms with Crippen LogP contribution in [0.4, 0.5) is 5.88 Å². The van der Waals surface area contributed by atoms with E-state index in [4.69, 9.17) is 23.0 Å². The Morgan fingerprint density at radius 1 is 0.935 bits per heavy atom. The van der Waals surface area contributed by atoms with Crippen LogP contribution in [0.1, 0.15) is 10.6 Å². The standard InChI is InChI=1S/C23H19NO7/c1-27-17-11-13(12-18(28-2)21(17)29-3)19-20(25)14-7-4-5-8-15(14)31-23(19)24-22(26)16-9-6-10-30-16/h4-12H,1-3H3,(H,24,26). The minimum atomic E-state index is -0.558. The van der Waals surface area contributed by atoms with Crippen LogP contribution in [0.15, 0.2) is 68.4 Å². The van der Waals surface area contributed by atoms with Gasteiger partial charge in [-0.05, 0) is 42.0 Å². The van der Waals surface area contributed by atoms with E-state index >= 15 is 0 Å². The van der Waals surface area contributed by atoms with Crippen molar-refractivity contribution in [2.45, 2.75) is 0 Å². The maximum absolute atomic E-state index is 13.4. The maximum Gasteiger partial charge on any atom is 0.293 e. The predicted octanol–water partition coefficient (Wildman–Crippen LogP) is 4.33. The normalized spacial score (nSPS) is 10.7. The maximum atomic E-state index is 13.4. The fourth-order valence-corrected chi connectivity index (χ4v) is 3.29. The summed E-state index contributed by atoms with van der Waals surface area (Å²) in [5, 5.41) is 3.00. The van der Waals surface area contributed by atoms with E-state index in [9.17, 15) is 9.59 Å². The van der Waals surface area contributed by atoms with Gasteiger partial charge in [-0.2, -0.15) is 0 Å². The lowest BCUT2D eigenvalue weighted by Gasteiger charge is -2.16. The molecule has 1 amide bonds. The predicted molar refractivity (Wildman–Crippen MR) is 114 cm³/mol. The molecule has 8 nitrogen and oxygen atoms in total. The number of para-hydroxylation sites is 1. The summed E-state index contributed by atoms with van der Waals surface area (Å²) in [6, 6.07) is 13.1. The molecule has 0 fully saturated rings. The number of hydrogen-bond donors (Lipinski definition) is 1. The average molecular weight is 421 g/mol. The van der Waals surface area contributed by atoms with E-state index in [-0.39, 0.29) is 22.6 Å². The second-order valence-electron chi connectivity index (χ2n) is 6.48. The van der Waals surface area contributed by atoms with Crippen molar-refractivity contribution < 1.29 is 27.8 Å². The van der Waals surface area contributed by atoms with Gasteiger partial charge in [-0.25, -0.2) is 0 Å². The molecule has 0 bridgehead atoms. The number of ether oxygens (including phenoxy) is 3. The Labute approximate surface area is 176 Å². The molecule has 0 saturated carbocycles. The summed E-state index contributed by atoms with van der Waals surface area (Å²) in [6.07, 6.45) is 1.38. The highest BCUT2D eigenvalue weighted by Crippen LogP contribution is 2.42. The molecule has 8 heteroatoms. The smallest absolute Gasteiger partial charge is 0.293 e. The van der Waals surface area contributed by atoms with E-state index in [2.05, 4.69) is 5.32 Å². The molecule has 2 aromatic heterocycles. The summed E-state index contributed by atoms with van der Waals surface area (Å²) >= 11 is 0. The van der Waals surface area contributed by atoms with Gasteiger partial charge in [0, 0.05) is 0 Å². The molecule has 2 aromatic carbocycles. The number of anilines is 1. The van der Waals surface area contributed by atoms with Crippen molar-refractivity contribution >= 4 is 22.8 Å². The number of benzene rings is 2. The lowest BCUT2D eigenvalue weighted by molar-refractivity contribution is 0.0994. The molecular formula is C23H19NO7. The number of hydrogen-bond acceptors (Lipinski definition) is 7. The number of carbonyl (C=O) groups is 1. The number of nitrogens with one attached hydrogen (secondary N) is 1. The quantitative estimate of drug-likeness (QED) is 0.494. The van der Waals surface area contributed by atoms with Gasteiger partial charge in [0.1, 0.15) is 5.58 Å². The van der Waals surface area contributed by atoms with Gasteiger partial charge in [-0.15, -0.1) is 0 Å². The number of fused-ring (bicyclic) bond motifs is 1. The van der Waals surface area contributed by atoms with Crippen molar-refractivity contribution in [2.75, 3.05) is 26.6 Å². The number of methoxy groups -OCH3 is 3. The van der Waals surface area contributed by atoms with Crippen molar-refractivity contribution in [3.05, 3.63) is 70.8 Å². The molecule has 158 valence electrons. The van der Waals surface area contributed by atoms with Crippen LogP contribution in [0, 0.1) is 0 Å². The summed E-state index contributed by atoms with van der Waals surface area (Å²) in [5.41, 5.74) is 0.561. The Balaban J connectivity index is 1.97. The topological polar surface area (TPSA) is 100 Å². The van der Waals surface area contributed by atoms with E-state index in [0.717, 1.165) is 0 Å². The van der Waals surface area contributed by atoms with Crippen molar-refractivity contribution in [1.82, 2.24) is 0 Å². The van der Waals surface area contributed by atoms with Crippen LogP contribution in [-0.2, 0) is 0 Å². The molecule has 0 saturated heterocycles. The molecule has 0 spiro atoms. The third kappa shape index (κ3) is 3.59. The van der Waals surface area contributed by atoms with Crippen LogP contribution < -0.4 is 25.0 Å². The Hall–Kier alpha value is -4.20. The number of amides is 1. The fourth-order valence-electron chi connectivity index (χ4n) is 3.29. The van der Waals surface area contributed by atoms with Crippen LogP contribution in [-0.4, -0.2) is 27.2 Å². The summed E-state index contributed by atoms with van der Waals surface area (Å²) in [7, 11) is 4.44. The molecule has 31 heavy (non-hydrogen) atoms. The third-order valence-electron chi connectivity index (χ3n) is 4.72. The first-order chi connectivity index (χ1) is 15.1. The molecule has 4 rings (SSSR count). The highest BCUT2D eigenvalue weighted by molar-refractivity contribution is 6.04. The first-order valence-electron chi connectivity index (χ1n) is 9.28. The third-order valence-corrected chi connectivity index (χ3v) is 4.72. The number of rotatable bonds is 6. The van der Waals surface area contributed by atoms with Gasteiger partial charge in [0.25, 0.3) is 5.91 Å². The lowest BCUT2D eigenvalue weighted by Crippen LogP contribution is -2.16. The number of furan rings is 1. The minimum absolute atomic E-state index is 0.0284. The average Bonchev–Trinajstić information content (AvgIpc) is 3.33. The summed E-state index contributed by atoms with van der Waals surface area (Å²) < 4.78 is 27.2. The van der Waals surface area contributed by atoms with Gasteiger partial charge in [0.05, 0.1) is 38.5 Å². The summed E-state index contributed by atoms with van der Waals surface area (Å²) in [5.74, 6) is 0.573. The summed E-state index contributed by atoms with van der Waals surface area (Å²) in [4.78, 5) is 26.0. The zero-order valence-electron chi connectivity index (χ0n) is 17.1. The molecule has 0 aliphatic carbocycles. The van der Waals surface area contributed by atoms with Crippen molar-refractivity contribution in [2.24, 2.45) is 0 Å². The highest BCUT2D eigenvalue weighted by Gasteiger charge is 2.23. The molecular weight excluding hydrogens is 402 g/mol. The Kier molecular flexibility index (Phi) is 5.36. The van der Waals surface area contributed by atoms with Crippen LogP contribution >= 0.6 is 0 Å². The molecule has 0 aliphatic heterocycles. The number of carbonyl (C=O) groups excluding carboxylic acids is 1. The molecule has 4 aromatic rings. The second-order valence-corrected chi connectivity index (χ2v) is 6.48. The monoisotopic (exact) mass is 421 g/mol. The molecule has 2 heterocycles. The molecule has 1 N–H and O–H groups in total. The van der Waals surface area contributed by atoms with Gasteiger partial charge in [-0.3, -0.25) is 14.9 Å². The van der Waals surface area contributed by atoms with Gasteiger partial charge in [0.15, 0.2) is 17.3 Å². The Morgan fingerprint density at radius 2 is 1.65 bits per heavy atom. The van der Waals surface area contributed by atoms with E-state index in [1.807, 2.05) is 0 Å². The van der Waals surface area contributed by atoms with E-state index < -0.39 is 5.91 Å². The Bertz CT molecular complexity index is 1280. The minimum Gasteiger partial charge on any atom is -0.493 e. The zero-order valence-corrected chi connectivity index (χ0v) is 17.1. The van der Waals surface area contributed by atoms with Crippen LogP contribution in [0.3, 0.4) is 0 Å². The van der Waals surface area contributed by atoms with Crippen molar-refractivity contribution in [3.8, 4) is 28.4 Å². The SMILES string of the molecule is COc1cc(-c2c(NC(=O)c3ccco3)oc3ccccc3c2=O)cc(OC)c1OC. The second kappa shape index (κ2) is 8.27. The van der Waals surface area contributed by atoms with Crippen LogP contribution in [0.25, 0.3) is 22.1 Å². The van der Waals surface area contributed by atoms with Gasteiger partial charge in [-0.1, -0.05) is 12.1 Å². The van der Waals surface area contributed by atoms with Crippen LogP contribution in [0.2, 0.25) is 0 Å². The van der Waals surface area contributed by atoms with Gasteiger partial charge < -0.3 is 23.0 Å². The van der Waals surface area contributed by atoms with Crippen LogP contribution in [0.5, 0.6) is 17.2 Å². The fraction of sp³-hybridized carbons (Fsp3) is 0.130. The molecule has 0 unspecified atom stereocenters.